The van der Waals surface area contributed by atoms with E-state index in [1.54, 1.807) is 11.3 Å². The Balaban J connectivity index is 1.82. The third-order valence-corrected chi connectivity index (χ3v) is 4.00. The Hall–Kier alpha value is -1.13. The van der Waals surface area contributed by atoms with Crippen LogP contribution in [0.15, 0.2) is 23.6 Å². The minimum Gasteiger partial charge on any atom is -0.316 e. The maximum Gasteiger partial charge on any atom is 0.102 e. The Kier molecular flexibility index (Phi) is 2.76. The van der Waals surface area contributed by atoms with E-state index in [1.165, 1.54) is 23.4 Å². The molecule has 1 aliphatic rings. The third-order valence-electron chi connectivity index (χ3n) is 3.11. The van der Waals surface area contributed by atoms with Crippen LogP contribution in [0.2, 0.25) is 0 Å². The van der Waals surface area contributed by atoms with E-state index in [4.69, 9.17) is 0 Å². The molecule has 0 amide bonds. The predicted molar refractivity (Wildman–Crippen MR) is 66.7 cm³/mol. The highest BCUT2D eigenvalue weighted by atomic mass is 32.1. The monoisotopic (exact) mass is 233 g/mol. The zero-order valence-electron chi connectivity index (χ0n) is 9.07. The molecule has 2 aromatic heterocycles. The first kappa shape index (κ1) is 10.1. The molecule has 0 aliphatic carbocycles. The lowest BCUT2D eigenvalue weighted by atomic mass is 9.96. The summed E-state index contributed by atoms with van der Waals surface area (Å²) in [5, 5.41) is 13.1. The summed E-state index contributed by atoms with van der Waals surface area (Å²) in [7, 11) is 0. The lowest BCUT2D eigenvalue weighted by Gasteiger charge is -2.21. The van der Waals surface area contributed by atoms with E-state index in [0.717, 1.165) is 18.8 Å². The Labute approximate surface area is 98.9 Å². The molecule has 2 aromatic rings. The number of aromatic nitrogens is 2. The summed E-state index contributed by atoms with van der Waals surface area (Å²) >= 11 is 1.74. The second-order valence-electron chi connectivity index (χ2n) is 4.23. The number of thiophene rings is 1. The average molecular weight is 233 g/mol. The zero-order valence-corrected chi connectivity index (χ0v) is 9.89. The Morgan fingerprint density at radius 3 is 3.19 bits per heavy atom. The molecule has 0 bridgehead atoms. The molecule has 0 radical (unpaired) electrons. The number of rotatable bonds is 2. The van der Waals surface area contributed by atoms with Crippen LogP contribution in [0.4, 0.5) is 0 Å². The van der Waals surface area contributed by atoms with Crippen molar-refractivity contribution in [3.05, 3.63) is 29.3 Å². The Bertz CT molecular complexity index is 441. The van der Waals surface area contributed by atoms with Crippen LogP contribution in [0.5, 0.6) is 0 Å². The van der Waals surface area contributed by atoms with Gasteiger partial charge in [0, 0.05) is 18.2 Å². The molecule has 1 aliphatic heterocycles. The van der Waals surface area contributed by atoms with Crippen LogP contribution in [0, 0.1) is 0 Å². The van der Waals surface area contributed by atoms with Gasteiger partial charge in [-0.25, -0.2) is 0 Å². The van der Waals surface area contributed by atoms with Crippen molar-refractivity contribution in [3.8, 4) is 10.6 Å². The number of hydrogen-bond donors (Lipinski definition) is 2. The second-order valence-corrected chi connectivity index (χ2v) is 5.18. The maximum atomic E-state index is 4.39. The lowest BCUT2D eigenvalue weighted by molar-refractivity contribution is 0.454. The summed E-state index contributed by atoms with van der Waals surface area (Å²) in [5.41, 5.74) is 2.35. The van der Waals surface area contributed by atoms with Crippen LogP contribution in [0.1, 0.15) is 24.5 Å². The number of nitrogens with one attached hydrogen (secondary N) is 2. The summed E-state index contributed by atoms with van der Waals surface area (Å²) in [6, 6.07) is 6.38. The quantitative estimate of drug-likeness (QED) is 0.837. The van der Waals surface area contributed by atoms with Crippen LogP contribution in [-0.4, -0.2) is 23.3 Å². The minimum absolute atomic E-state index is 0.606. The summed E-state index contributed by atoms with van der Waals surface area (Å²) in [4.78, 5) is 1.24. The normalized spacial score (nSPS) is 21.1. The molecule has 16 heavy (non-hydrogen) atoms. The molecule has 84 valence electrons. The molecule has 3 heterocycles. The Morgan fingerprint density at radius 1 is 1.44 bits per heavy atom. The van der Waals surface area contributed by atoms with Gasteiger partial charge in [-0.2, -0.15) is 5.10 Å². The van der Waals surface area contributed by atoms with Crippen LogP contribution in [0.25, 0.3) is 10.6 Å². The van der Waals surface area contributed by atoms with E-state index in [-0.39, 0.29) is 0 Å². The van der Waals surface area contributed by atoms with Gasteiger partial charge in [-0.05, 0) is 36.9 Å². The molecular weight excluding hydrogens is 218 g/mol. The van der Waals surface area contributed by atoms with Crippen LogP contribution in [-0.2, 0) is 0 Å². The molecule has 0 saturated carbocycles. The van der Waals surface area contributed by atoms with Crippen molar-refractivity contribution in [3.63, 3.8) is 0 Å². The Morgan fingerprint density at radius 2 is 2.44 bits per heavy atom. The van der Waals surface area contributed by atoms with E-state index in [1.807, 2.05) is 0 Å². The van der Waals surface area contributed by atoms with Gasteiger partial charge in [0.1, 0.15) is 5.69 Å². The largest absolute Gasteiger partial charge is 0.316 e. The van der Waals surface area contributed by atoms with Gasteiger partial charge in [0.25, 0.3) is 0 Å². The van der Waals surface area contributed by atoms with E-state index < -0.39 is 0 Å². The SMILES string of the molecule is c1csc(-c2cc(C3CCCNC3)[nH]n2)c1. The van der Waals surface area contributed by atoms with E-state index >= 15 is 0 Å². The van der Waals surface area contributed by atoms with Gasteiger partial charge in [-0.1, -0.05) is 6.07 Å². The summed E-state index contributed by atoms with van der Waals surface area (Å²) in [6.45, 7) is 2.23. The fraction of sp³-hybridized carbons (Fsp3) is 0.417. The van der Waals surface area contributed by atoms with Crippen molar-refractivity contribution < 1.29 is 0 Å². The summed E-state index contributed by atoms with van der Waals surface area (Å²) in [6.07, 6.45) is 2.52. The fourth-order valence-corrected chi connectivity index (χ4v) is 2.90. The van der Waals surface area contributed by atoms with Crippen molar-refractivity contribution in [1.82, 2.24) is 15.5 Å². The number of nitrogens with zero attached hydrogens (tertiary/aromatic N) is 1. The molecule has 1 fully saturated rings. The predicted octanol–water partition coefficient (Wildman–Crippen LogP) is 2.61. The third kappa shape index (κ3) is 1.90. The number of piperidine rings is 1. The van der Waals surface area contributed by atoms with Gasteiger partial charge >= 0.3 is 0 Å². The zero-order chi connectivity index (χ0) is 10.8. The van der Waals surface area contributed by atoms with E-state index in [9.17, 15) is 0 Å². The first-order chi connectivity index (χ1) is 7.93. The maximum absolute atomic E-state index is 4.39. The summed E-state index contributed by atoms with van der Waals surface area (Å²) in [5.74, 6) is 0.606. The number of hydrogen-bond acceptors (Lipinski definition) is 3. The molecule has 1 saturated heterocycles. The van der Waals surface area contributed by atoms with Crippen molar-refractivity contribution in [2.45, 2.75) is 18.8 Å². The summed E-state index contributed by atoms with van der Waals surface area (Å²) < 4.78 is 0. The second kappa shape index (κ2) is 4.39. The lowest BCUT2D eigenvalue weighted by Crippen LogP contribution is -2.28. The van der Waals surface area contributed by atoms with Gasteiger partial charge in [0.05, 0.1) is 4.88 Å². The standard InChI is InChI=1S/C12H15N3S/c1-3-9(8-13-5-1)10-7-11(15-14-10)12-4-2-6-16-12/h2,4,6-7,9,13H,1,3,5,8H2,(H,14,15). The highest BCUT2D eigenvalue weighted by Gasteiger charge is 2.17. The minimum atomic E-state index is 0.606. The fourth-order valence-electron chi connectivity index (χ4n) is 2.21. The molecule has 3 nitrogen and oxygen atoms in total. The highest BCUT2D eigenvalue weighted by molar-refractivity contribution is 7.13. The van der Waals surface area contributed by atoms with E-state index in [0.29, 0.717) is 5.92 Å². The molecule has 2 N–H and O–H groups in total. The molecule has 0 spiro atoms. The van der Waals surface area contributed by atoms with Gasteiger partial charge in [-0.3, -0.25) is 5.10 Å². The van der Waals surface area contributed by atoms with Crippen molar-refractivity contribution in [1.29, 1.82) is 0 Å². The van der Waals surface area contributed by atoms with Crippen LogP contribution in [0.3, 0.4) is 0 Å². The molecular formula is C12H15N3S. The first-order valence-corrected chi connectivity index (χ1v) is 6.61. The topological polar surface area (TPSA) is 40.7 Å². The molecule has 1 unspecified atom stereocenters. The van der Waals surface area contributed by atoms with E-state index in [2.05, 4.69) is 39.1 Å². The van der Waals surface area contributed by atoms with Gasteiger partial charge in [0.2, 0.25) is 0 Å². The highest BCUT2D eigenvalue weighted by Crippen LogP contribution is 2.27. The van der Waals surface area contributed by atoms with Crippen molar-refractivity contribution in [2.75, 3.05) is 13.1 Å². The number of aromatic amines is 1. The smallest absolute Gasteiger partial charge is 0.102 e. The van der Waals surface area contributed by atoms with Crippen molar-refractivity contribution >= 4 is 11.3 Å². The van der Waals surface area contributed by atoms with Crippen LogP contribution >= 0.6 is 11.3 Å². The molecule has 0 aromatic carbocycles. The first-order valence-electron chi connectivity index (χ1n) is 5.73. The van der Waals surface area contributed by atoms with Gasteiger partial charge in [0.15, 0.2) is 0 Å². The number of H-pyrrole nitrogens is 1. The molecule has 1 atom stereocenters. The average Bonchev–Trinajstić information content (AvgIpc) is 3.01. The van der Waals surface area contributed by atoms with Gasteiger partial charge < -0.3 is 5.32 Å². The van der Waals surface area contributed by atoms with Crippen LogP contribution < -0.4 is 5.32 Å². The molecule has 4 heteroatoms. The van der Waals surface area contributed by atoms with Crippen molar-refractivity contribution in [2.24, 2.45) is 0 Å². The van der Waals surface area contributed by atoms with Gasteiger partial charge in [-0.15, -0.1) is 11.3 Å². The molecule has 3 rings (SSSR count).